The number of ketones is 1. The first-order valence-electron chi connectivity index (χ1n) is 13.9. The van der Waals surface area contributed by atoms with Gasteiger partial charge in [-0.1, -0.05) is 60.7 Å². The van der Waals surface area contributed by atoms with Gasteiger partial charge in [0.2, 0.25) is 0 Å². The number of Topliss-reactive ketones (excluding diaryl/α,β-unsaturated/α-hetero) is 1. The van der Waals surface area contributed by atoms with Gasteiger partial charge in [0, 0.05) is 29.5 Å². The molecule has 2 aliphatic heterocycles. The van der Waals surface area contributed by atoms with Crippen molar-refractivity contribution in [1.29, 1.82) is 0 Å². The second-order valence-electron chi connectivity index (χ2n) is 11.0. The fourth-order valence-corrected chi connectivity index (χ4v) is 6.71. The third-order valence-corrected chi connectivity index (χ3v) is 8.52. The smallest absolute Gasteiger partial charge is 0.448 e. The zero-order valence-electron chi connectivity index (χ0n) is 22.1. The fourth-order valence-electron chi connectivity index (χ4n) is 6.71. The highest BCUT2D eigenvalue weighted by molar-refractivity contribution is 5.98. The summed E-state index contributed by atoms with van der Waals surface area (Å²) in [6, 6.07) is 20.9. The topological polar surface area (TPSA) is 55.8 Å². The van der Waals surface area contributed by atoms with Crippen molar-refractivity contribution in [2.45, 2.75) is 62.6 Å². The first-order chi connectivity index (χ1) is 19.7. The summed E-state index contributed by atoms with van der Waals surface area (Å²) in [5.41, 5.74) is 4.66. The highest BCUT2D eigenvalue weighted by Gasteiger charge is 2.45. The highest BCUT2D eigenvalue weighted by Crippen LogP contribution is 2.45. The van der Waals surface area contributed by atoms with Crippen LogP contribution in [0.2, 0.25) is 0 Å². The molecule has 2 fully saturated rings. The van der Waals surface area contributed by atoms with Gasteiger partial charge < -0.3 is 14.4 Å². The molecule has 5 nitrogen and oxygen atoms in total. The molecule has 1 aliphatic carbocycles. The second kappa shape index (κ2) is 10.8. The van der Waals surface area contributed by atoms with Crippen molar-refractivity contribution in [3.63, 3.8) is 0 Å². The van der Waals surface area contributed by atoms with Gasteiger partial charge in [-0.15, -0.1) is 0 Å². The van der Waals surface area contributed by atoms with Gasteiger partial charge in [0.25, 0.3) is 0 Å². The third-order valence-electron chi connectivity index (χ3n) is 8.52. The number of ether oxygens (including phenoxy) is 2. The van der Waals surface area contributed by atoms with Gasteiger partial charge in [-0.05, 0) is 66.5 Å². The van der Waals surface area contributed by atoms with Gasteiger partial charge in [0.05, 0.1) is 0 Å². The average Bonchev–Trinajstić information content (AvgIpc) is 3.28. The van der Waals surface area contributed by atoms with E-state index in [1.807, 2.05) is 24.3 Å². The molecule has 0 aromatic heterocycles. The van der Waals surface area contributed by atoms with Crippen LogP contribution in [0.1, 0.15) is 59.5 Å². The number of fused-ring (bicyclic) bond motifs is 5. The van der Waals surface area contributed by atoms with Crippen molar-refractivity contribution >= 4 is 11.9 Å². The van der Waals surface area contributed by atoms with E-state index in [-0.39, 0.29) is 36.0 Å². The van der Waals surface area contributed by atoms with Crippen LogP contribution < -0.4 is 4.74 Å². The standard InChI is InChI=1S/C32H29F4NO4/c33-30(34)32(35,36)41-23-10-5-7-19(17-23)29(38)20-15-21-8-6-9-22(16-20)37(21)31(39)40-18-28-26-13-3-1-11-24(26)25-12-2-4-14-27(25)28/h1-5,7,10-14,17,20-22,28,30H,6,8-9,15-16,18H2. The van der Waals surface area contributed by atoms with Crippen LogP contribution in [0.5, 0.6) is 5.75 Å². The second-order valence-corrected chi connectivity index (χ2v) is 11.0. The van der Waals surface area contributed by atoms with E-state index in [9.17, 15) is 27.2 Å². The molecule has 2 atom stereocenters. The van der Waals surface area contributed by atoms with Crippen molar-refractivity contribution in [2.75, 3.05) is 6.61 Å². The van der Waals surface area contributed by atoms with Crippen LogP contribution in [0.25, 0.3) is 11.1 Å². The monoisotopic (exact) mass is 567 g/mol. The van der Waals surface area contributed by atoms with Crippen LogP contribution >= 0.6 is 0 Å². The summed E-state index contributed by atoms with van der Waals surface area (Å²) >= 11 is 0. The number of rotatable bonds is 7. The lowest BCUT2D eigenvalue weighted by molar-refractivity contribution is -0.253. The Morgan fingerprint density at radius 1 is 0.878 bits per heavy atom. The molecule has 0 radical (unpaired) electrons. The Hall–Kier alpha value is -3.88. The van der Waals surface area contributed by atoms with Gasteiger partial charge in [-0.25, -0.2) is 4.79 Å². The summed E-state index contributed by atoms with van der Waals surface area (Å²) in [6.45, 7) is 0.210. The summed E-state index contributed by atoms with van der Waals surface area (Å²) in [4.78, 5) is 28.6. The van der Waals surface area contributed by atoms with Crippen molar-refractivity contribution < 1.29 is 36.6 Å². The van der Waals surface area contributed by atoms with E-state index in [4.69, 9.17) is 4.74 Å². The summed E-state index contributed by atoms with van der Waals surface area (Å²) in [5.74, 6) is -1.27. The average molecular weight is 568 g/mol. The number of carbonyl (C=O) groups is 2. The molecule has 2 bridgehead atoms. The lowest BCUT2D eigenvalue weighted by Crippen LogP contribution is -2.55. The first kappa shape index (κ1) is 27.3. The van der Waals surface area contributed by atoms with E-state index in [1.54, 1.807) is 4.90 Å². The minimum absolute atomic E-state index is 0.0581. The number of halogens is 4. The SMILES string of the molecule is O=C(c1cccc(OC(F)(F)C(F)F)c1)C1CC2CCCC(C1)N2C(=O)OCC1c2ccccc2-c2ccccc21. The lowest BCUT2D eigenvalue weighted by atomic mass is 9.76. The molecule has 3 aromatic rings. The number of hydrogen-bond donors (Lipinski definition) is 0. The van der Waals surface area contributed by atoms with E-state index in [0.717, 1.165) is 53.6 Å². The zero-order valence-corrected chi connectivity index (χ0v) is 22.1. The number of amides is 1. The van der Waals surface area contributed by atoms with E-state index < -0.39 is 30.3 Å². The maximum atomic E-state index is 13.4. The largest absolute Gasteiger partial charge is 0.461 e. The van der Waals surface area contributed by atoms with Crippen LogP contribution in [-0.2, 0) is 4.74 Å². The Labute approximate surface area is 235 Å². The molecule has 6 rings (SSSR count). The Bertz CT molecular complexity index is 1400. The number of hydrogen-bond acceptors (Lipinski definition) is 4. The number of alkyl halides is 4. The molecule has 2 saturated heterocycles. The minimum atomic E-state index is -4.66. The van der Waals surface area contributed by atoms with Gasteiger partial charge in [0.15, 0.2) is 5.78 Å². The Balaban J connectivity index is 1.13. The van der Waals surface area contributed by atoms with Crippen molar-refractivity contribution in [3.05, 3.63) is 89.5 Å². The summed E-state index contributed by atoms with van der Waals surface area (Å²) in [7, 11) is 0. The van der Waals surface area contributed by atoms with Crippen LogP contribution in [0.4, 0.5) is 22.4 Å². The molecule has 3 aromatic carbocycles. The maximum absolute atomic E-state index is 13.4. The molecule has 3 aliphatic rings. The molecule has 1 amide bonds. The summed E-state index contributed by atoms with van der Waals surface area (Å²) in [6.07, 6.45) is -5.83. The Morgan fingerprint density at radius 2 is 1.49 bits per heavy atom. The van der Waals surface area contributed by atoms with E-state index in [1.165, 1.54) is 12.1 Å². The van der Waals surface area contributed by atoms with Crippen LogP contribution in [0, 0.1) is 5.92 Å². The summed E-state index contributed by atoms with van der Waals surface area (Å²) in [5, 5.41) is 0. The number of benzene rings is 3. The summed E-state index contributed by atoms with van der Waals surface area (Å²) < 4.78 is 62.0. The van der Waals surface area contributed by atoms with Gasteiger partial charge in [0.1, 0.15) is 12.4 Å². The molecule has 2 heterocycles. The zero-order chi connectivity index (χ0) is 28.7. The van der Waals surface area contributed by atoms with Crippen LogP contribution in [-0.4, -0.2) is 48.0 Å². The predicted octanol–water partition coefficient (Wildman–Crippen LogP) is 7.69. The van der Waals surface area contributed by atoms with Crippen LogP contribution in [0.3, 0.4) is 0 Å². The maximum Gasteiger partial charge on any atom is 0.461 e. The molecule has 214 valence electrons. The van der Waals surface area contributed by atoms with Crippen LogP contribution in [0.15, 0.2) is 72.8 Å². The predicted molar refractivity (Wildman–Crippen MR) is 143 cm³/mol. The molecule has 0 saturated carbocycles. The van der Waals surface area contributed by atoms with E-state index >= 15 is 0 Å². The van der Waals surface area contributed by atoms with Crippen molar-refractivity contribution in [1.82, 2.24) is 4.90 Å². The number of piperidine rings is 2. The fraction of sp³-hybridized carbons (Fsp3) is 0.375. The molecular formula is C32H29F4NO4. The third kappa shape index (κ3) is 5.18. The first-order valence-corrected chi connectivity index (χ1v) is 13.9. The van der Waals surface area contributed by atoms with E-state index in [0.29, 0.717) is 12.8 Å². The quantitative estimate of drug-likeness (QED) is 0.217. The number of carbonyl (C=O) groups excluding carboxylic acids is 2. The minimum Gasteiger partial charge on any atom is -0.448 e. The lowest BCUT2D eigenvalue weighted by Gasteiger charge is -2.47. The van der Waals surface area contributed by atoms with Crippen molar-refractivity contribution in [3.8, 4) is 16.9 Å². The van der Waals surface area contributed by atoms with Gasteiger partial charge in [-0.2, -0.15) is 17.6 Å². The van der Waals surface area contributed by atoms with E-state index in [2.05, 4.69) is 29.0 Å². The van der Waals surface area contributed by atoms with Crippen molar-refractivity contribution in [2.24, 2.45) is 5.92 Å². The molecule has 2 unspecified atom stereocenters. The molecule has 41 heavy (non-hydrogen) atoms. The normalized spacial score (nSPS) is 21.8. The Kier molecular flexibility index (Phi) is 7.21. The van der Waals surface area contributed by atoms with Gasteiger partial charge >= 0.3 is 18.6 Å². The molecule has 9 heteroatoms. The molecular weight excluding hydrogens is 538 g/mol. The molecule has 0 spiro atoms. The Morgan fingerprint density at radius 3 is 2.10 bits per heavy atom. The highest BCUT2D eigenvalue weighted by atomic mass is 19.3. The van der Waals surface area contributed by atoms with Gasteiger partial charge in [-0.3, -0.25) is 4.79 Å². The molecule has 0 N–H and O–H groups in total. The number of nitrogens with zero attached hydrogens (tertiary/aromatic N) is 1.